The molecule has 0 unspecified atom stereocenters. The second-order valence-electron chi connectivity index (χ2n) is 32.2. The molecule has 130 heavy (non-hydrogen) atoms. The van der Waals surface area contributed by atoms with Crippen LogP contribution in [0.15, 0.2) is 183 Å². The van der Waals surface area contributed by atoms with Gasteiger partial charge in [0.15, 0.2) is 36.9 Å². The number of carbonyl (C=O) groups is 1. The van der Waals surface area contributed by atoms with Crippen molar-refractivity contribution in [3.63, 3.8) is 0 Å². The third-order valence-electron chi connectivity index (χ3n) is 20.5. The maximum Gasteiger partial charge on any atom is 0.416 e. The van der Waals surface area contributed by atoms with Gasteiger partial charge in [-0.25, -0.2) is 51.7 Å². The topological polar surface area (TPSA) is 277 Å². The molecular weight excluding hydrogens is 1730 g/mol. The van der Waals surface area contributed by atoms with Crippen LogP contribution in [0.5, 0.6) is 29.0 Å². The van der Waals surface area contributed by atoms with Crippen molar-refractivity contribution in [3.8, 4) is 62.5 Å². The first kappa shape index (κ1) is 99.3. The van der Waals surface area contributed by atoms with Crippen molar-refractivity contribution in [2.24, 2.45) is 0 Å². The van der Waals surface area contributed by atoms with Crippen LogP contribution in [0.4, 0.5) is 57.4 Å². The normalized spacial score (nSPS) is 11.7. The molecule has 23 nitrogen and oxygen atoms in total. The van der Waals surface area contributed by atoms with E-state index >= 15 is 0 Å². The SMILES string of the molecule is COc1ccc(C)c(-c2ccc(C)cc2CN(Cc2cc(C)cc(C(F)(F)F)c2)c2ncc(OCCS(C)(=O)=O)cn2)c1.COc1ncc(-c2ccc(C)cc2CN(Cc2cc(C)cc(C(F)(F)F)c2)c2ncc(OCCS(C)(=O)=O)cn2)c(C)n1.Cc1cc(CN(Cc2cc(C)ccc2-c2nc(C(C)C)ccc2C)c2ncc(OCCCC(=O)O)cn2)cc(C(F)(F)F)c1. The van der Waals surface area contributed by atoms with Gasteiger partial charge in [0.1, 0.15) is 19.0 Å². The predicted molar refractivity (Wildman–Crippen MR) is 482 cm³/mol. The number of hydrogen-bond acceptors (Lipinski definition) is 22. The fraction of sp³-hybridized carbons (Fsp3) is 0.333. The molecule has 0 spiro atoms. The molecule has 0 fully saturated rings. The number of hydrogen-bond donors (Lipinski definition) is 1. The number of carboxylic acid groups (broad SMARTS) is 1. The molecule has 0 amide bonds. The van der Waals surface area contributed by atoms with Gasteiger partial charge in [0.2, 0.25) is 17.8 Å². The van der Waals surface area contributed by atoms with Gasteiger partial charge in [-0.15, -0.1) is 0 Å². The monoisotopic (exact) mass is 1830 g/mol. The molecule has 0 saturated carbocycles. The zero-order chi connectivity index (χ0) is 94.7. The van der Waals surface area contributed by atoms with E-state index in [1.54, 1.807) is 57.2 Å². The zero-order valence-corrected chi connectivity index (χ0v) is 76.3. The molecule has 0 aliphatic heterocycles. The lowest BCUT2D eigenvalue weighted by Gasteiger charge is -2.25. The van der Waals surface area contributed by atoms with Crippen LogP contribution in [-0.4, -0.2) is 131 Å². The second-order valence-corrected chi connectivity index (χ2v) is 36.7. The number of nitrogens with zero attached hydrogens (tertiary/aromatic N) is 12. The number of sulfone groups is 2. The van der Waals surface area contributed by atoms with E-state index in [2.05, 4.69) is 65.9 Å². The van der Waals surface area contributed by atoms with Gasteiger partial charge in [0, 0.05) is 81.2 Å². The van der Waals surface area contributed by atoms with Crippen LogP contribution in [0.2, 0.25) is 0 Å². The minimum Gasteiger partial charge on any atom is -0.497 e. The first-order valence-corrected chi connectivity index (χ1v) is 45.3. The highest BCUT2D eigenvalue weighted by molar-refractivity contribution is 7.90. The minimum atomic E-state index is -4.50. The number of aryl methyl sites for hydroxylation is 9. The molecule has 12 aromatic rings. The minimum absolute atomic E-state index is 0.0175. The Balaban J connectivity index is 0.000000203. The van der Waals surface area contributed by atoms with E-state index < -0.39 is 60.9 Å². The molecule has 12 rings (SSSR count). The molecule has 7 aromatic carbocycles. The number of pyridine rings is 1. The molecule has 34 heteroatoms. The van der Waals surface area contributed by atoms with Crippen LogP contribution < -0.4 is 38.4 Å². The fourth-order valence-corrected chi connectivity index (χ4v) is 15.0. The Hall–Kier alpha value is -12.9. The van der Waals surface area contributed by atoms with Crippen molar-refractivity contribution in [2.45, 2.75) is 153 Å². The van der Waals surface area contributed by atoms with E-state index in [9.17, 15) is 61.1 Å². The van der Waals surface area contributed by atoms with Gasteiger partial charge in [0.25, 0.3) is 0 Å². The summed E-state index contributed by atoms with van der Waals surface area (Å²) in [6.45, 7) is 22.1. The first-order chi connectivity index (χ1) is 61.2. The van der Waals surface area contributed by atoms with Crippen LogP contribution in [-0.2, 0) is 82.3 Å². The Labute approximate surface area is 751 Å². The molecule has 0 atom stereocenters. The number of methoxy groups -OCH3 is 2. The largest absolute Gasteiger partial charge is 0.497 e. The van der Waals surface area contributed by atoms with Gasteiger partial charge in [-0.1, -0.05) is 132 Å². The molecule has 688 valence electrons. The lowest BCUT2D eigenvalue weighted by molar-refractivity contribution is -0.138. The molecule has 5 heterocycles. The number of anilines is 3. The first-order valence-electron chi connectivity index (χ1n) is 41.2. The van der Waals surface area contributed by atoms with E-state index in [-0.39, 0.29) is 106 Å². The molecule has 0 saturated heterocycles. The number of carboxylic acids is 1. The van der Waals surface area contributed by atoms with Crippen molar-refractivity contribution in [2.75, 3.05) is 72.8 Å². The number of rotatable bonds is 34. The Bertz CT molecular complexity index is 6170. The number of ether oxygens (including phenoxy) is 5. The zero-order valence-electron chi connectivity index (χ0n) is 74.7. The number of benzene rings is 7. The summed E-state index contributed by atoms with van der Waals surface area (Å²) in [7, 11) is -3.32. The molecule has 5 aromatic heterocycles. The van der Waals surface area contributed by atoms with Crippen molar-refractivity contribution in [3.05, 3.63) is 289 Å². The Kier molecular flexibility index (Phi) is 33.2. The lowest BCUT2D eigenvalue weighted by atomic mass is 9.94. The highest BCUT2D eigenvalue weighted by Gasteiger charge is 2.34. The van der Waals surface area contributed by atoms with Crippen LogP contribution in [0.25, 0.3) is 33.5 Å². The average molecular weight is 1840 g/mol. The van der Waals surface area contributed by atoms with E-state index in [0.717, 1.165) is 133 Å². The fourth-order valence-electron chi connectivity index (χ4n) is 14.2. The van der Waals surface area contributed by atoms with E-state index in [0.29, 0.717) is 69.5 Å². The summed E-state index contributed by atoms with van der Waals surface area (Å²) >= 11 is 0. The van der Waals surface area contributed by atoms with Crippen LogP contribution >= 0.6 is 0 Å². The summed E-state index contributed by atoms with van der Waals surface area (Å²) in [5.74, 6) is 1.48. The summed E-state index contributed by atoms with van der Waals surface area (Å²) < 4.78 is 196. The maximum atomic E-state index is 13.7. The van der Waals surface area contributed by atoms with Crippen LogP contribution in [0.3, 0.4) is 0 Å². The Morgan fingerprint density at radius 1 is 0.392 bits per heavy atom. The van der Waals surface area contributed by atoms with Crippen molar-refractivity contribution >= 4 is 43.5 Å². The summed E-state index contributed by atoms with van der Waals surface area (Å²) in [6, 6.07) is 40.2. The summed E-state index contributed by atoms with van der Waals surface area (Å²) in [5.41, 5.74) is 15.5. The van der Waals surface area contributed by atoms with E-state index in [1.807, 2.05) is 124 Å². The number of aliphatic carboxylic acids is 1. The van der Waals surface area contributed by atoms with E-state index in [4.69, 9.17) is 33.8 Å². The molecular formula is C96H103F9N12O11S2. The average Bonchev–Trinajstić information content (AvgIpc) is 0.798. The third-order valence-corrected chi connectivity index (χ3v) is 22.3. The van der Waals surface area contributed by atoms with Gasteiger partial charge < -0.3 is 43.5 Å². The van der Waals surface area contributed by atoms with E-state index in [1.165, 1.54) is 44.3 Å². The molecule has 0 radical (unpaired) electrons. The summed E-state index contributed by atoms with van der Waals surface area (Å²) in [5, 5.41) is 8.84. The number of alkyl halides is 9. The van der Waals surface area contributed by atoms with Crippen LogP contribution in [0.1, 0.15) is 139 Å². The smallest absolute Gasteiger partial charge is 0.416 e. The van der Waals surface area contributed by atoms with Crippen molar-refractivity contribution < 1.29 is 89.9 Å². The quantitative estimate of drug-likeness (QED) is 0.0290. The van der Waals surface area contributed by atoms with Gasteiger partial charge in [-0.3, -0.25) is 9.78 Å². The van der Waals surface area contributed by atoms with Crippen LogP contribution in [0, 0.1) is 62.3 Å². The van der Waals surface area contributed by atoms with Crippen molar-refractivity contribution in [1.82, 2.24) is 44.9 Å². The Morgan fingerprint density at radius 2 is 0.769 bits per heavy atom. The second kappa shape index (κ2) is 43.5. The van der Waals surface area contributed by atoms with Gasteiger partial charge in [-0.2, -0.15) is 44.5 Å². The summed E-state index contributed by atoms with van der Waals surface area (Å²) in [4.78, 5) is 56.6. The third kappa shape index (κ3) is 29.3. The van der Waals surface area contributed by atoms with Crippen molar-refractivity contribution in [1.29, 1.82) is 0 Å². The highest BCUT2D eigenvalue weighted by atomic mass is 32.2. The standard InChI is InChI=1S/C34H37F3N4O3.C32H34F3N3O4S.C30H32F3N5O4S/c1-21(2)30-11-9-24(5)32(40-30)29-10-8-22(3)14-26(29)20-41(19-25-13-23(4)15-27(16-25)34(35,36)37)33-38-17-28(18-39-33)44-12-6-7-31(42)43;1-21-6-9-29(30-16-27(41-4)8-7-23(30)3)25(13-21)20-38(19-24-12-22(2)14-26(15-24)32(33,34)35)31-36-17-28(18-37-31)42-10-11-43(5,39)40;1-19-6-7-26(27-16-36-29(41-4)37-21(27)3)23(11-19)18-38(17-22-10-20(2)12-24(13-22)30(31,32)33)28-34-14-25(15-35-28)42-8-9-43(5,39)40/h8-11,13-18,21H,6-7,12,19-20H2,1-5H3,(H,42,43);6-9,12-18H,10-11,19-20H2,1-5H3;6-7,10-16H,8-9,17-18H2,1-5H3. The predicted octanol–water partition coefficient (Wildman–Crippen LogP) is 20.3. The maximum absolute atomic E-state index is 13.7. The molecule has 1 N–H and O–H groups in total. The van der Waals surface area contributed by atoms with Gasteiger partial charge >= 0.3 is 30.5 Å². The van der Waals surface area contributed by atoms with Gasteiger partial charge in [-0.05, 0) is 190 Å². The molecule has 0 bridgehead atoms. The number of halogens is 9. The lowest BCUT2D eigenvalue weighted by Crippen LogP contribution is -2.25. The highest BCUT2D eigenvalue weighted by Crippen LogP contribution is 2.39. The van der Waals surface area contributed by atoms with Gasteiger partial charge in [0.05, 0.1) is 97.6 Å². The Morgan fingerprint density at radius 3 is 1.13 bits per heavy atom. The molecule has 0 aliphatic rings. The molecule has 0 aliphatic carbocycles. The number of aromatic nitrogens is 9. The summed E-state index contributed by atoms with van der Waals surface area (Å²) in [6.07, 6.45) is -0.578.